The summed E-state index contributed by atoms with van der Waals surface area (Å²) in [5, 5.41) is 0. The molecular weight excluding hydrogens is 378 g/mol. The van der Waals surface area contributed by atoms with E-state index in [2.05, 4.69) is 0 Å². The molecule has 0 saturated heterocycles. The molecule has 4 saturated carbocycles. The molecule has 0 amide bonds. The van der Waals surface area contributed by atoms with Gasteiger partial charge >= 0.3 is 5.97 Å². The molecule has 6 nitrogen and oxygen atoms in total. The number of sulfonamides is 1. The maximum absolute atomic E-state index is 12.9. The smallest absolute Gasteiger partial charge is 0.338 e. The third-order valence-corrected chi connectivity index (χ3v) is 8.66. The van der Waals surface area contributed by atoms with Crippen LogP contribution in [0.1, 0.15) is 48.9 Å². The number of ketones is 1. The highest BCUT2D eigenvalue weighted by Crippen LogP contribution is 2.60. The van der Waals surface area contributed by atoms with Crippen LogP contribution >= 0.6 is 0 Å². The largest absolute Gasteiger partial charge is 0.454 e. The van der Waals surface area contributed by atoms with Crippen molar-refractivity contribution in [1.82, 2.24) is 4.31 Å². The van der Waals surface area contributed by atoms with Crippen molar-refractivity contribution in [2.24, 2.45) is 23.2 Å². The first-order valence-corrected chi connectivity index (χ1v) is 11.4. The van der Waals surface area contributed by atoms with Crippen LogP contribution in [0.4, 0.5) is 0 Å². The van der Waals surface area contributed by atoms with Gasteiger partial charge in [0.1, 0.15) is 0 Å². The van der Waals surface area contributed by atoms with E-state index in [0.29, 0.717) is 17.8 Å². The molecule has 0 unspecified atom stereocenters. The molecule has 0 atom stereocenters. The summed E-state index contributed by atoms with van der Waals surface area (Å²) >= 11 is 0. The van der Waals surface area contributed by atoms with E-state index in [9.17, 15) is 18.0 Å². The first-order chi connectivity index (χ1) is 13.2. The van der Waals surface area contributed by atoms with Crippen molar-refractivity contribution in [2.75, 3.05) is 20.7 Å². The number of hydrogen-bond donors (Lipinski definition) is 0. The van der Waals surface area contributed by atoms with Gasteiger partial charge in [-0.1, -0.05) is 0 Å². The lowest BCUT2D eigenvalue weighted by atomic mass is 9.48. The van der Waals surface area contributed by atoms with Gasteiger partial charge in [0.25, 0.3) is 0 Å². The number of esters is 1. The van der Waals surface area contributed by atoms with E-state index in [0.717, 1.165) is 23.6 Å². The average Bonchev–Trinajstić information content (AvgIpc) is 2.64. The topological polar surface area (TPSA) is 80.8 Å². The maximum atomic E-state index is 12.9. The van der Waals surface area contributed by atoms with Gasteiger partial charge in [0.05, 0.1) is 10.5 Å². The second-order valence-corrected chi connectivity index (χ2v) is 11.2. The highest BCUT2D eigenvalue weighted by molar-refractivity contribution is 7.89. The molecule has 0 aliphatic heterocycles. The Labute approximate surface area is 166 Å². The minimum absolute atomic E-state index is 0.0618. The predicted molar refractivity (Wildman–Crippen MR) is 103 cm³/mol. The zero-order valence-electron chi connectivity index (χ0n) is 16.4. The summed E-state index contributed by atoms with van der Waals surface area (Å²) in [7, 11) is -0.640. The third-order valence-electron chi connectivity index (χ3n) is 6.83. The fourth-order valence-electron chi connectivity index (χ4n) is 5.79. The molecule has 4 aliphatic carbocycles. The van der Waals surface area contributed by atoms with Crippen molar-refractivity contribution < 1.29 is 22.7 Å². The SMILES string of the molecule is CN(C)S(=O)(=O)c1ccc(C(=O)OCC(=O)C23CC4CC(CC(C4)C2)C3)cc1. The molecule has 0 heterocycles. The fraction of sp³-hybridized carbons (Fsp3) is 0.619. The van der Waals surface area contributed by atoms with Crippen molar-refractivity contribution >= 4 is 21.8 Å². The first-order valence-electron chi connectivity index (χ1n) is 9.93. The Balaban J connectivity index is 1.39. The zero-order valence-corrected chi connectivity index (χ0v) is 17.2. The van der Waals surface area contributed by atoms with Crippen molar-refractivity contribution in [3.8, 4) is 0 Å². The summed E-state index contributed by atoms with van der Waals surface area (Å²) in [5.41, 5.74) is -0.0328. The van der Waals surface area contributed by atoms with Crippen LogP contribution in [0.5, 0.6) is 0 Å². The maximum Gasteiger partial charge on any atom is 0.338 e. The van der Waals surface area contributed by atoms with Crippen LogP contribution in [0.15, 0.2) is 29.2 Å². The van der Waals surface area contributed by atoms with Gasteiger partial charge in [0, 0.05) is 19.5 Å². The Hall–Kier alpha value is -1.73. The van der Waals surface area contributed by atoms with Crippen LogP contribution in [0.3, 0.4) is 0 Å². The van der Waals surface area contributed by atoms with Gasteiger partial charge in [0.15, 0.2) is 12.4 Å². The van der Waals surface area contributed by atoms with Gasteiger partial charge in [0.2, 0.25) is 10.0 Å². The summed E-state index contributed by atoms with van der Waals surface area (Å²) in [5.74, 6) is 1.46. The molecule has 0 aromatic heterocycles. The second-order valence-electron chi connectivity index (χ2n) is 9.01. The number of rotatable bonds is 6. The minimum Gasteiger partial charge on any atom is -0.454 e. The van der Waals surface area contributed by atoms with Gasteiger partial charge in [-0.3, -0.25) is 4.79 Å². The number of hydrogen-bond acceptors (Lipinski definition) is 5. The van der Waals surface area contributed by atoms with E-state index in [1.165, 1.54) is 57.6 Å². The van der Waals surface area contributed by atoms with Gasteiger partial charge in [-0.25, -0.2) is 17.5 Å². The third kappa shape index (κ3) is 3.39. The quantitative estimate of drug-likeness (QED) is 0.680. The highest BCUT2D eigenvalue weighted by Gasteiger charge is 2.54. The van der Waals surface area contributed by atoms with Crippen LogP contribution in [0, 0.1) is 23.2 Å². The number of carbonyl (C=O) groups excluding carboxylic acids is 2. The van der Waals surface area contributed by atoms with E-state index >= 15 is 0 Å². The molecule has 28 heavy (non-hydrogen) atoms. The van der Waals surface area contributed by atoms with E-state index in [1.54, 1.807) is 0 Å². The molecule has 5 rings (SSSR count). The van der Waals surface area contributed by atoms with Crippen LogP contribution in [0.25, 0.3) is 0 Å². The lowest BCUT2D eigenvalue weighted by molar-refractivity contribution is -0.147. The van der Waals surface area contributed by atoms with Crippen LogP contribution < -0.4 is 0 Å². The zero-order chi connectivity index (χ0) is 20.1. The summed E-state index contributed by atoms with van der Waals surface area (Å²) in [6.45, 7) is -0.192. The van der Waals surface area contributed by atoms with Crippen molar-refractivity contribution in [1.29, 1.82) is 0 Å². The van der Waals surface area contributed by atoms with Crippen molar-refractivity contribution in [3.63, 3.8) is 0 Å². The number of ether oxygens (including phenoxy) is 1. The Bertz CT molecular complexity index is 853. The summed E-state index contributed by atoms with van der Waals surface area (Å²) in [6.07, 6.45) is 6.63. The van der Waals surface area contributed by atoms with Crippen molar-refractivity contribution in [3.05, 3.63) is 29.8 Å². The molecule has 1 aromatic carbocycles. The predicted octanol–water partition coefficient (Wildman–Crippen LogP) is 2.88. The highest BCUT2D eigenvalue weighted by atomic mass is 32.2. The van der Waals surface area contributed by atoms with Gasteiger partial charge in [-0.2, -0.15) is 0 Å². The fourth-order valence-corrected chi connectivity index (χ4v) is 6.70. The molecule has 0 N–H and O–H groups in total. The van der Waals surface area contributed by atoms with Gasteiger partial charge < -0.3 is 4.74 Å². The second kappa shape index (κ2) is 6.95. The molecule has 7 heteroatoms. The Morgan fingerprint density at radius 2 is 1.50 bits per heavy atom. The van der Waals surface area contributed by atoms with E-state index in [1.807, 2.05) is 0 Å². The lowest BCUT2D eigenvalue weighted by Crippen LogP contribution is -2.51. The lowest BCUT2D eigenvalue weighted by Gasteiger charge is -2.55. The number of benzene rings is 1. The number of Topliss-reactive ketones (excluding diaryl/α,β-unsaturated/α-hetero) is 1. The Morgan fingerprint density at radius 3 is 1.96 bits per heavy atom. The first kappa shape index (κ1) is 19.6. The molecule has 0 radical (unpaired) electrons. The molecule has 1 aromatic rings. The molecular formula is C21H27NO5S. The van der Waals surface area contributed by atoms with Crippen molar-refractivity contribution in [2.45, 2.75) is 43.4 Å². The van der Waals surface area contributed by atoms with Crippen LogP contribution in [-0.2, 0) is 19.6 Å². The van der Waals surface area contributed by atoms with Crippen LogP contribution in [0.2, 0.25) is 0 Å². The molecule has 4 bridgehead atoms. The Kier molecular flexibility index (Phi) is 4.86. The summed E-state index contributed by atoms with van der Waals surface area (Å²) < 4.78 is 30.6. The molecule has 152 valence electrons. The Morgan fingerprint density at radius 1 is 1.00 bits per heavy atom. The standard InChI is InChI=1S/C21H27NO5S/c1-22(2)28(25,26)18-5-3-17(4-6-18)20(24)27-13-19(23)21-10-14-7-15(11-21)9-16(8-14)12-21/h3-6,14-16H,7-13H2,1-2H3. The van der Waals surface area contributed by atoms with E-state index in [-0.39, 0.29) is 28.3 Å². The molecule has 0 spiro atoms. The summed E-state index contributed by atoms with van der Waals surface area (Å²) in [6, 6.07) is 5.61. The van der Waals surface area contributed by atoms with E-state index < -0.39 is 16.0 Å². The average molecular weight is 406 g/mol. The normalized spacial score (nSPS) is 31.2. The monoisotopic (exact) mass is 405 g/mol. The van der Waals surface area contributed by atoms with Gasteiger partial charge in [-0.05, 0) is 80.5 Å². The summed E-state index contributed by atoms with van der Waals surface area (Å²) in [4.78, 5) is 25.4. The van der Waals surface area contributed by atoms with Gasteiger partial charge in [-0.15, -0.1) is 0 Å². The number of nitrogens with zero attached hydrogens (tertiary/aromatic N) is 1. The minimum atomic E-state index is -3.54. The van der Waals surface area contributed by atoms with E-state index in [4.69, 9.17) is 4.74 Å². The molecule has 4 aliphatic rings. The number of carbonyl (C=O) groups is 2. The molecule has 4 fully saturated rings. The van der Waals surface area contributed by atoms with Crippen LogP contribution in [-0.4, -0.2) is 45.2 Å².